The van der Waals surface area contributed by atoms with Crippen LogP contribution in [0, 0.1) is 10.1 Å². The molecule has 1 aromatic heterocycles. The Labute approximate surface area is 171 Å². The molecular formula is C19H18ClN5O4. The number of hydrogen-bond acceptors (Lipinski definition) is 8. The minimum atomic E-state index is -0.559. The van der Waals surface area contributed by atoms with Crippen molar-refractivity contribution in [2.45, 2.75) is 6.92 Å². The number of aromatic nitrogens is 2. The van der Waals surface area contributed by atoms with E-state index >= 15 is 0 Å². The van der Waals surface area contributed by atoms with Crippen LogP contribution in [0.25, 0.3) is 0 Å². The van der Waals surface area contributed by atoms with Crippen molar-refractivity contribution in [3.8, 4) is 11.5 Å². The molecule has 0 fully saturated rings. The van der Waals surface area contributed by atoms with Crippen LogP contribution in [0.2, 0.25) is 5.02 Å². The summed E-state index contributed by atoms with van der Waals surface area (Å²) in [6.45, 7) is 2.44. The standard InChI is InChI=1S/C19H18ClN5O4/c1-3-29-14-7-5-13(6-8-14)23-18-17(25(26)27)19(22-11-21-18)24-15-10-12(20)4-9-16(15)28-2/h4-11H,3H2,1-2H3,(H2,21,22,23,24). The van der Waals surface area contributed by atoms with Crippen molar-refractivity contribution in [1.82, 2.24) is 9.97 Å². The summed E-state index contributed by atoms with van der Waals surface area (Å²) in [6, 6.07) is 11.9. The molecule has 3 rings (SSSR count). The fraction of sp³-hybridized carbons (Fsp3) is 0.158. The van der Waals surface area contributed by atoms with Crippen molar-refractivity contribution in [1.29, 1.82) is 0 Å². The molecule has 1 heterocycles. The number of halogens is 1. The molecule has 0 saturated carbocycles. The Bertz CT molecular complexity index is 1010. The zero-order chi connectivity index (χ0) is 20.8. The molecule has 0 spiro atoms. The Balaban J connectivity index is 1.94. The van der Waals surface area contributed by atoms with Gasteiger partial charge in [0.15, 0.2) is 0 Å². The smallest absolute Gasteiger partial charge is 0.353 e. The molecule has 0 atom stereocenters. The zero-order valence-electron chi connectivity index (χ0n) is 15.7. The van der Waals surface area contributed by atoms with Crippen molar-refractivity contribution < 1.29 is 14.4 Å². The molecule has 0 aliphatic heterocycles. The normalized spacial score (nSPS) is 10.3. The Morgan fingerprint density at radius 1 is 1.10 bits per heavy atom. The molecule has 2 aromatic carbocycles. The van der Waals surface area contributed by atoms with E-state index in [1.165, 1.54) is 13.4 Å². The lowest BCUT2D eigenvalue weighted by Crippen LogP contribution is -2.06. The molecule has 10 heteroatoms. The molecule has 0 saturated heterocycles. The Kier molecular flexibility index (Phi) is 6.30. The number of methoxy groups -OCH3 is 1. The van der Waals surface area contributed by atoms with E-state index in [9.17, 15) is 10.1 Å². The summed E-state index contributed by atoms with van der Waals surface area (Å²) in [5.74, 6) is 1.20. The molecule has 9 nitrogen and oxygen atoms in total. The van der Waals surface area contributed by atoms with Crippen molar-refractivity contribution in [2.75, 3.05) is 24.4 Å². The third-order valence-electron chi connectivity index (χ3n) is 3.85. The van der Waals surface area contributed by atoms with Gasteiger partial charge in [-0.05, 0) is 49.4 Å². The van der Waals surface area contributed by atoms with Crippen molar-refractivity contribution in [2.24, 2.45) is 0 Å². The van der Waals surface area contributed by atoms with Crippen LogP contribution in [0.5, 0.6) is 11.5 Å². The first-order chi connectivity index (χ1) is 14.0. The van der Waals surface area contributed by atoms with Gasteiger partial charge in [0.1, 0.15) is 17.8 Å². The maximum Gasteiger partial charge on any atom is 0.353 e. The Hall–Kier alpha value is -3.59. The van der Waals surface area contributed by atoms with E-state index in [2.05, 4.69) is 20.6 Å². The van der Waals surface area contributed by atoms with Gasteiger partial charge in [0.25, 0.3) is 0 Å². The topological polar surface area (TPSA) is 111 Å². The van der Waals surface area contributed by atoms with Gasteiger partial charge in [-0.3, -0.25) is 10.1 Å². The second-order valence-corrected chi connectivity index (χ2v) is 6.17. The van der Waals surface area contributed by atoms with Gasteiger partial charge in [0.05, 0.1) is 24.3 Å². The largest absolute Gasteiger partial charge is 0.495 e. The molecule has 3 aromatic rings. The van der Waals surface area contributed by atoms with Crippen LogP contribution in [-0.2, 0) is 0 Å². The zero-order valence-corrected chi connectivity index (χ0v) is 16.4. The predicted molar refractivity (Wildman–Crippen MR) is 111 cm³/mol. The molecule has 29 heavy (non-hydrogen) atoms. The lowest BCUT2D eigenvalue weighted by atomic mass is 10.2. The molecule has 0 aliphatic carbocycles. The summed E-state index contributed by atoms with van der Waals surface area (Å²) in [6.07, 6.45) is 1.23. The summed E-state index contributed by atoms with van der Waals surface area (Å²) < 4.78 is 10.7. The summed E-state index contributed by atoms with van der Waals surface area (Å²) in [7, 11) is 1.49. The van der Waals surface area contributed by atoms with Crippen LogP contribution < -0.4 is 20.1 Å². The van der Waals surface area contributed by atoms with Crippen LogP contribution in [0.1, 0.15) is 6.92 Å². The number of hydrogen-bond donors (Lipinski definition) is 2. The average molecular weight is 416 g/mol. The van der Waals surface area contributed by atoms with E-state index in [1.807, 2.05) is 6.92 Å². The van der Waals surface area contributed by atoms with E-state index in [4.69, 9.17) is 21.1 Å². The van der Waals surface area contributed by atoms with Crippen molar-refractivity contribution in [3.63, 3.8) is 0 Å². The van der Waals surface area contributed by atoms with Crippen LogP contribution in [0.3, 0.4) is 0 Å². The Morgan fingerprint density at radius 3 is 2.41 bits per heavy atom. The Morgan fingerprint density at radius 2 is 1.79 bits per heavy atom. The van der Waals surface area contributed by atoms with E-state index in [-0.39, 0.29) is 17.3 Å². The third-order valence-corrected chi connectivity index (χ3v) is 4.08. The molecule has 0 amide bonds. The van der Waals surface area contributed by atoms with E-state index in [0.717, 1.165) is 0 Å². The van der Waals surface area contributed by atoms with Gasteiger partial charge < -0.3 is 20.1 Å². The lowest BCUT2D eigenvalue weighted by Gasteiger charge is -2.13. The van der Waals surface area contributed by atoms with Gasteiger partial charge in [0.2, 0.25) is 11.6 Å². The second-order valence-electron chi connectivity index (χ2n) is 5.73. The van der Waals surface area contributed by atoms with Gasteiger partial charge in [-0.15, -0.1) is 0 Å². The SMILES string of the molecule is CCOc1ccc(Nc2ncnc(Nc3cc(Cl)ccc3OC)c2[N+](=O)[O-])cc1. The van der Waals surface area contributed by atoms with Crippen LogP contribution in [-0.4, -0.2) is 28.6 Å². The number of nitrogens with one attached hydrogen (secondary N) is 2. The third kappa shape index (κ3) is 4.82. The van der Waals surface area contributed by atoms with Gasteiger partial charge in [-0.25, -0.2) is 9.97 Å². The highest BCUT2D eigenvalue weighted by Crippen LogP contribution is 2.36. The number of benzene rings is 2. The van der Waals surface area contributed by atoms with E-state index < -0.39 is 4.92 Å². The molecule has 2 N–H and O–H groups in total. The van der Waals surface area contributed by atoms with Crippen molar-refractivity contribution >= 4 is 40.3 Å². The maximum absolute atomic E-state index is 11.8. The van der Waals surface area contributed by atoms with Crippen molar-refractivity contribution in [3.05, 3.63) is 63.9 Å². The first kappa shape index (κ1) is 20.2. The molecule has 0 radical (unpaired) electrons. The number of rotatable bonds is 8. The van der Waals surface area contributed by atoms with Gasteiger partial charge >= 0.3 is 5.69 Å². The summed E-state index contributed by atoms with van der Waals surface area (Å²) in [5, 5.41) is 18.0. The molecule has 0 bridgehead atoms. The number of nitrogens with zero attached hydrogens (tertiary/aromatic N) is 3. The minimum Gasteiger partial charge on any atom is -0.495 e. The molecular weight excluding hydrogens is 398 g/mol. The lowest BCUT2D eigenvalue weighted by molar-refractivity contribution is -0.383. The first-order valence-electron chi connectivity index (χ1n) is 8.61. The highest BCUT2D eigenvalue weighted by atomic mass is 35.5. The fourth-order valence-electron chi connectivity index (χ4n) is 2.58. The number of nitro groups is 1. The van der Waals surface area contributed by atoms with Gasteiger partial charge in [-0.1, -0.05) is 11.6 Å². The number of anilines is 4. The average Bonchev–Trinajstić information content (AvgIpc) is 2.70. The highest BCUT2D eigenvalue weighted by Gasteiger charge is 2.24. The minimum absolute atomic E-state index is 0.000923. The highest BCUT2D eigenvalue weighted by molar-refractivity contribution is 6.31. The number of ether oxygens (including phenoxy) is 2. The van der Waals surface area contributed by atoms with E-state index in [1.54, 1.807) is 42.5 Å². The summed E-state index contributed by atoms with van der Waals surface area (Å²) in [4.78, 5) is 19.2. The molecule has 150 valence electrons. The first-order valence-corrected chi connectivity index (χ1v) is 8.99. The monoisotopic (exact) mass is 415 g/mol. The van der Waals surface area contributed by atoms with Crippen LogP contribution >= 0.6 is 11.6 Å². The van der Waals surface area contributed by atoms with Gasteiger partial charge in [-0.2, -0.15) is 0 Å². The van der Waals surface area contributed by atoms with E-state index in [0.29, 0.717) is 34.5 Å². The fourth-order valence-corrected chi connectivity index (χ4v) is 2.75. The summed E-state index contributed by atoms with van der Waals surface area (Å²) in [5.41, 5.74) is 0.735. The van der Waals surface area contributed by atoms with Gasteiger partial charge in [0, 0.05) is 10.7 Å². The second kappa shape index (κ2) is 9.07. The van der Waals surface area contributed by atoms with Crippen LogP contribution in [0.15, 0.2) is 48.8 Å². The molecule has 0 aliphatic rings. The van der Waals surface area contributed by atoms with Crippen LogP contribution in [0.4, 0.5) is 28.7 Å². The quantitative estimate of drug-likeness (QED) is 0.393. The summed E-state index contributed by atoms with van der Waals surface area (Å²) >= 11 is 6.03. The molecule has 0 unspecified atom stereocenters. The maximum atomic E-state index is 11.8. The predicted octanol–water partition coefficient (Wildman–Crippen LogP) is 4.93.